The fraction of sp³-hybridized carbons (Fsp3) is 0.0833. The molecule has 2 heterocycles. The van der Waals surface area contributed by atoms with E-state index in [0.29, 0.717) is 21.4 Å². The quantitative estimate of drug-likeness (QED) is 0.693. The molecule has 8 heteroatoms. The Labute approximate surface area is 127 Å². The Morgan fingerprint density at radius 3 is 2.80 bits per heavy atom. The van der Waals surface area contributed by atoms with Gasteiger partial charge in [0.1, 0.15) is 0 Å². The van der Waals surface area contributed by atoms with E-state index in [1.165, 1.54) is 25.7 Å². The zero-order valence-electron chi connectivity index (χ0n) is 10.4. The van der Waals surface area contributed by atoms with Crippen LogP contribution in [-0.4, -0.2) is 14.3 Å². The molecule has 0 radical (unpaired) electrons. The monoisotopic (exact) mass is 324 g/mol. The molecule has 3 rings (SSSR count). The lowest BCUT2D eigenvalue weighted by Gasteiger charge is -2.05. The van der Waals surface area contributed by atoms with Gasteiger partial charge in [0.15, 0.2) is 21.4 Å². The fourth-order valence-electron chi connectivity index (χ4n) is 1.52. The van der Waals surface area contributed by atoms with E-state index < -0.39 is 0 Å². The Kier molecular flexibility index (Phi) is 3.81. The minimum absolute atomic E-state index is 0.394. The van der Waals surface area contributed by atoms with Crippen LogP contribution in [0, 0.1) is 6.92 Å². The third-order valence-electron chi connectivity index (χ3n) is 2.34. The van der Waals surface area contributed by atoms with Crippen molar-refractivity contribution in [3.05, 3.63) is 51.9 Å². The molecule has 0 amide bonds. The summed E-state index contributed by atoms with van der Waals surface area (Å²) in [6, 6.07) is 11.2. The zero-order valence-corrected chi connectivity index (χ0v) is 12.7. The molecule has 0 atom stereocenters. The molecule has 0 saturated heterocycles. The van der Waals surface area contributed by atoms with Crippen LogP contribution < -0.4 is 9.51 Å². The van der Waals surface area contributed by atoms with E-state index in [1.54, 1.807) is 0 Å². The summed E-state index contributed by atoms with van der Waals surface area (Å²) in [5.74, 6) is 1.26. The number of nitrogens with zero attached hydrogens (tertiary/aromatic N) is 4. The van der Waals surface area contributed by atoms with E-state index in [9.17, 15) is 0 Å². The van der Waals surface area contributed by atoms with Crippen molar-refractivity contribution in [1.82, 2.24) is 14.3 Å². The van der Waals surface area contributed by atoms with Crippen molar-refractivity contribution in [2.75, 3.05) is 0 Å². The van der Waals surface area contributed by atoms with Gasteiger partial charge in [-0.2, -0.15) is 4.37 Å². The summed E-state index contributed by atoms with van der Waals surface area (Å²) in [7, 11) is 2.70. The van der Waals surface area contributed by atoms with Crippen LogP contribution in [0.5, 0.6) is 5.75 Å². The van der Waals surface area contributed by atoms with Gasteiger partial charge < -0.3 is 4.84 Å². The van der Waals surface area contributed by atoms with Gasteiger partial charge >= 0.3 is 0 Å². The Balaban J connectivity index is 1.99. The van der Waals surface area contributed by atoms with Crippen LogP contribution in [0.4, 0.5) is 5.82 Å². The number of hydrogen-bond acceptors (Lipinski definition) is 6. The van der Waals surface area contributed by atoms with Crippen molar-refractivity contribution in [2.24, 2.45) is 4.99 Å². The lowest BCUT2D eigenvalue weighted by atomic mass is 10.3. The molecule has 0 unspecified atom stereocenters. The predicted octanol–water partition coefficient (Wildman–Crippen LogP) is 3.44. The number of hydrogen-bond donors (Lipinski definition) is 0. The third kappa shape index (κ3) is 2.90. The highest BCUT2D eigenvalue weighted by atomic mass is 35.5. The van der Waals surface area contributed by atoms with Gasteiger partial charge in [-0.1, -0.05) is 34.6 Å². The smallest absolute Gasteiger partial charge is 0.193 e. The van der Waals surface area contributed by atoms with Crippen molar-refractivity contribution in [3.8, 4) is 5.75 Å². The maximum Gasteiger partial charge on any atom is 0.193 e. The zero-order chi connectivity index (χ0) is 13.9. The highest BCUT2D eigenvalue weighted by Gasteiger charge is 2.07. The summed E-state index contributed by atoms with van der Waals surface area (Å²) in [5, 5.41) is 4.65. The molecular weight excluding hydrogens is 316 g/mol. The van der Waals surface area contributed by atoms with Crippen LogP contribution in [0.1, 0.15) is 5.69 Å². The summed E-state index contributed by atoms with van der Waals surface area (Å²) in [6.07, 6.45) is 0. The minimum Gasteiger partial charge on any atom is -0.356 e. The SMILES string of the molecule is Cc1cc(/N=c2\ssnc2Cl)n(Oc2ccccc2)n1. The van der Waals surface area contributed by atoms with E-state index in [2.05, 4.69) is 14.5 Å². The van der Waals surface area contributed by atoms with Crippen molar-refractivity contribution < 1.29 is 4.84 Å². The van der Waals surface area contributed by atoms with E-state index in [1.807, 2.05) is 43.3 Å². The molecule has 0 aliphatic rings. The molecule has 0 spiro atoms. The Bertz CT molecular complexity index is 778. The molecule has 0 fully saturated rings. The topological polar surface area (TPSA) is 52.3 Å². The number of para-hydroxylation sites is 1. The lowest BCUT2D eigenvalue weighted by Crippen LogP contribution is -2.07. The van der Waals surface area contributed by atoms with Crippen LogP contribution in [0.15, 0.2) is 41.4 Å². The Morgan fingerprint density at radius 2 is 2.10 bits per heavy atom. The van der Waals surface area contributed by atoms with Crippen LogP contribution >= 0.6 is 32.5 Å². The first-order chi connectivity index (χ1) is 9.72. The molecule has 0 aliphatic carbocycles. The van der Waals surface area contributed by atoms with Gasteiger partial charge in [0.2, 0.25) is 0 Å². The second kappa shape index (κ2) is 5.74. The van der Waals surface area contributed by atoms with Crippen molar-refractivity contribution >= 4 is 38.3 Å². The van der Waals surface area contributed by atoms with Crippen molar-refractivity contribution in [2.45, 2.75) is 6.92 Å². The average Bonchev–Trinajstić information content (AvgIpc) is 2.98. The fourth-order valence-corrected chi connectivity index (χ4v) is 3.50. The van der Waals surface area contributed by atoms with Crippen molar-refractivity contribution in [1.29, 1.82) is 0 Å². The molecule has 0 bridgehead atoms. The summed E-state index contributed by atoms with van der Waals surface area (Å²) >= 11 is 5.95. The summed E-state index contributed by atoms with van der Waals surface area (Å²) in [4.78, 5) is 11.5. The molecule has 5 nitrogen and oxygen atoms in total. The van der Waals surface area contributed by atoms with Crippen LogP contribution in [0.2, 0.25) is 5.15 Å². The summed E-state index contributed by atoms with van der Waals surface area (Å²) in [6.45, 7) is 1.88. The molecule has 1 aromatic carbocycles. The average molecular weight is 325 g/mol. The first-order valence-electron chi connectivity index (χ1n) is 5.69. The minimum atomic E-state index is 0.394. The molecule has 102 valence electrons. The second-order valence-corrected chi connectivity index (χ2v) is 6.07. The standard InChI is InChI=1S/C12H9ClN4OS2/c1-8-7-10(14-12-11(13)16-20-19-12)17(15-8)18-9-5-3-2-4-6-9/h2-7H,1H3/b14-12-. The molecule has 3 aromatic rings. The first-order valence-corrected chi connectivity index (χ1v) is 8.17. The van der Waals surface area contributed by atoms with Gasteiger partial charge in [0.05, 0.1) is 5.69 Å². The number of aryl methyl sites for hydroxylation is 1. The molecule has 20 heavy (non-hydrogen) atoms. The third-order valence-corrected chi connectivity index (χ3v) is 4.51. The summed E-state index contributed by atoms with van der Waals surface area (Å²) in [5.41, 5.74) is 0.809. The molecule has 0 saturated carbocycles. The van der Waals surface area contributed by atoms with E-state index in [4.69, 9.17) is 16.4 Å². The number of aromatic nitrogens is 3. The van der Waals surface area contributed by atoms with Gasteiger partial charge in [-0.25, -0.2) is 4.99 Å². The van der Waals surface area contributed by atoms with E-state index >= 15 is 0 Å². The van der Waals surface area contributed by atoms with Crippen LogP contribution in [0.25, 0.3) is 0 Å². The van der Waals surface area contributed by atoms with Gasteiger partial charge in [-0.05, 0) is 29.4 Å². The van der Waals surface area contributed by atoms with Gasteiger partial charge in [0.25, 0.3) is 0 Å². The van der Waals surface area contributed by atoms with Crippen LogP contribution in [-0.2, 0) is 0 Å². The molecule has 2 aromatic heterocycles. The second-order valence-electron chi connectivity index (χ2n) is 3.88. The van der Waals surface area contributed by atoms with E-state index in [-0.39, 0.29) is 0 Å². The molecular formula is C12H9ClN4OS2. The Morgan fingerprint density at radius 1 is 1.30 bits per heavy atom. The summed E-state index contributed by atoms with van der Waals surface area (Å²) < 4.78 is 4.64. The normalized spacial score (nSPS) is 11.8. The largest absolute Gasteiger partial charge is 0.356 e. The molecule has 0 N–H and O–H groups in total. The highest BCUT2D eigenvalue weighted by molar-refractivity contribution is 7.66. The number of benzene rings is 1. The van der Waals surface area contributed by atoms with Crippen molar-refractivity contribution in [3.63, 3.8) is 0 Å². The number of halogens is 1. The number of rotatable bonds is 3. The van der Waals surface area contributed by atoms with Gasteiger partial charge in [-0.15, -0.1) is 5.10 Å². The first kappa shape index (κ1) is 13.3. The van der Waals surface area contributed by atoms with Gasteiger partial charge in [0, 0.05) is 16.6 Å². The van der Waals surface area contributed by atoms with Crippen LogP contribution in [0.3, 0.4) is 0 Å². The highest BCUT2D eigenvalue weighted by Crippen LogP contribution is 2.18. The lowest BCUT2D eigenvalue weighted by molar-refractivity contribution is 0.182. The maximum absolute atomic E-state index is 5.95. The molecule has 0 aliphatic heterocycles. The van der Waals surface area contributed by atoms with Gasteiger partial charge in [-0.3, -0.25) is 0 Å². The Hall–Kier alpha value is -1.70. The maximum atomic E-state index is 5.95. The predicted molar refractivity (Wildman–Crippen MR) is 79.7 cm³/mol. The van der Waals surface area contributed by atoms with E-state index in [0.717, 1.165) is 5.69 Å².